The van der Waals surface area contributed by atoms with Gasteiger partial charge in [0.2, 0.25) is 0 Å². The lowest BCUT2D eigenvalue weighted by molar-refractivity contribution is 0.641. The normalized spacial score (nSPS) is 12.7. The molecular formula is C14H19ClN4. The van der Waals surface area contributed by atoms with Crippen molar-refractivity contribution in [2.24, 2.45) is 5.73 Å². The standard InChI is InChI=1S/C14H19ClN4/c1-4-13(16)7-11-5-6-12(15)8-14(11)19-10(3)17-9(2)18-19/h5-6,8,13H,4,7,16H2,1-3H3. The fourth-order valence-corrected chi connectivity index (χ4v) is 2.25. The third-order valence-electron chi connectivity index (χ3n) is 3.16. The molecule has 2 N–H and O–H groups in total. The van der Waals surface area contributed by atoms with E-state index < -0.39 is 0 Å². The van der Waals surface area contributed by atoms with E-state index >= 15 is 0 Å². The molecule has 19 heavy (non-hydrogen) atoms. The first-order chi connectivity index (χ1) is 9.01. The Morgan fingerprint density at radius 1 is 1.37 bits per heavy atom. The second-order valence-corrected chi connectivity index (χ2v) is 5.20. The van der Waals surface area contributed by atoms with E-state index in [1.165, 1.54) is 0 Å². The van der Waals surface area contributed by atoms with Gasteiger partial charge in [0.1, 0.15) is 11.6 Å². The van der Waals surface area contributed by atoms with Crippen molar-refractivity contribution in [2.45, 2.75) is 39.7 Å². The molecule has 1 heterocycles. The second-order valence-electron chi connectivity index (χ2n) is 4.76. The van der Waals surface area contributed by atoms with Gasteiger partial charge in [-0.2, -0.15) is 5.10 Å². The zero-order valence-corrected chi connectivity index (χ0v) is 12.3. The maximum Gasteiger partial charge on any atom is 0.148 e. The van der Waals surface area contributed by atoms with Crippen LogP contribution in [0.5, 0.6) is 0 Å². The summed E-state index contributed by atoms with van der Waals surface area (Å²) >= 11 is 6.10. The first-order valence-electron chi connectivity index (χ1n) is 6.46. The fourth-order valence-electron chi connectivity index (χ4n) is 2.08. The summed E-state index contributed by atoms with van der Waals surface area (Å²) in [5.74, 6) is 1.61. The first-order valence-corrected chi connectivity index (χ1v) is 6.83. The van der Waals surface area contributed by atoms with Crippen molar-refractivity contribution in [3.8, 4) is 5.69 Å². The van der Waals surface area contributed by atoms with Crippen LogP contribution in [0.4, 0.5) is 0 Å². The van der Waals surface area contributed by atoms with E-state index in [1.54, 1.807) is 0 Å². The molecule has 0 amide bonds. The molecule has 4 nitrogen and oxygen atoms in total. The van der Waals surface area contributed by atoms with Crippen molar-refractivity contribution in [1.29, 1.82) is 0 Å². The van der Waals surface area contributed by atoms with Gasteiger partial charge in [-0.15, -0.1) is 0 Å². The molecule has 5 heteroatoms. The summed E-state index contributed by atoms with van der Waals surface area (Å²) in [5.41, 5.74) is 8.17. The van der Waals surface area contributed by atoms with Gasteiger partial charge >= 0.3 is 0 Å². The summed E-state index contributed by atoms with van der Waals surface area (Å²) in [7, 11) is 0. The Morgan fingerprint density at radius 2 is 2.11 bits per heavy atom. The predicted molar refractivity (Wildman–Crippen MR) is 77.8 cm³/mol. The van der Waals surface area contributed by atoms with Gasteiger partial charge in [-0.25, -0.2) is 9.67 Å². The van der Waals surface area contributed by atoms with Gasteiger partial charge in [0.15, 0.2) is 0 Å². The number of halogens is 1. The third-order valence-corrected chi connectivity index (χ3v) is 3.39. The lowest BCUT2D eigenvalue weighted by Crippen LogP contribution is -2.22. The van der Waals surface area contributed by atoms with Crippen LogP contribution >= 0.6 is 11.6 Å². The Kier molecular flexibility index (Phi) is 4.22. The van der Waals surface area contributed by atoms with Crippen LogP contribution in [-0.4, -0.2) is 20.8 Å². The average molecular weight is 279 g/mol. The SMILES string of the molecule is CCC(N)Cc1ccc(Cl)cc1-n1nc(C)nc1C. The minimum Gasteiger partial charge on any atom is -0.327 e. The smallest absolute Gasteiger partial charge is 0.148 e. The molecule has 0 aliphatic rings. The molecule has 1 atom stereocenters. The van der Waals surface area contributed by atoms with Crippen molar-refractivity contribution < 1.29 is 0 Å². The summed E-state index contributed by atoms with van der Waals surface area (Å²) in [6, 6.07) is 5.97. The molecule has 0 bridgehead atoms. The summed E-state index contributed by atoms with van der Waals surface area (Å²) in [5, 5.41) is 5.11. The number of nitrogens with zero attached hydrogens (tertiary/aromatic N) is 3. The fraction of sp³-hybridized carbons (Fsp3) is 0.429. The highest BCUT2D eigenvalue weighted by atomic mass is 35.5. The van der Waals surface area contributed by atoms with Crippen LogP contribution in [0.2, 0.25) is 5.02 Å². The minimum atomic E-state index is 0.143. The molecule has 0 aliphatic carbocycles. The zero-order chi connectivity index (χ0) is 14.0. The minimum absolute atomic E-state index is 0.143. The Labute approximate surface area is 118 Å². The molecule has 0 saturated heterocycles. The average Bonchev–Trinajstić information content (AvgIpc) is 2.70. The van der Waals surface area contributed by atoms with Crippen LogP contribution in [-0.2, 0) is 6.42 Å². The van der Waals surface area contributed by atoms with E-state index in [2.05, 4.69) is 17.0 Å². The summed E-state index contributed by atoms with van der Waals surface area (Å²) in [6.07, 6.45) is 1.75. The molecule has 0 saturated carbocycles. The van der Waals surface area contributed by atoms with Crippen LogP contribution in [0.1, 0.15) is 30.6 Å². The van der Waals surface area contributed by atoms with E-state index in [0.717, 1.165) is 35.7 Å². The van der Waals surface area contributed by atoms with Gasteiger partial charge in [0, 0.05) is 11.1 Å². The van der Waals surface area contributed by atoms with Gasteiger partial charge in [0.25, 0.3) is 0 Å². The van der Waals surface area contributed by atoms with E-state index in [-0.39, 0.29) is 6.04 Å². The summed E-state index contributed by atoms with van der Waals surface area (Å²) < 4.78 is 1.83. The molecule has 1 aromatic carbocycles. The van der Waals surface area contributed by atoms with Gasteiger partial charge in [0.05, 0.1) is 5.69 Å². The molecule has 0 spiro atoms. The van der Waals surface area contributed by atoms with Crippen LogP contribution in [0.3, 0.4) is 0 Å². The maximum atomic E-state index is 6.10. The molecule has 102 valence electrons. The molecule has 0 fully saturated rings. The molecular weight excluding hydrogens is 260 g/mol. The molecule has 2 rings (SSSR count). The van der Waals surface area contributed by atoms with Crippen LogP contribution < -0.4 is 5.73 Å². The molecule has 1 aromatic heterocycles. The predicted octanol–water partition coefficient (Wildman–Crippen LogP) is 2.82. The number of nitrogens with two attached hydrogens (primary N) is 1. The van der Waals surface area contributed by atoms with Crippen molar-refractivity contribution >= 4 is 11.6 Å². The highest BCUT2D eigenvalue weighted by molar-refractivity contribution is 6.30. The van der Waals surface area contributed by atoms with Crippen LogP contribution in [0.25, 0.3) is 5.69 Å². The number of hydrogen-bond donors (Lipinski definition) is 1. The van der Waals surface area contributed by atoms with Gasteiger partial charge in [-0.05, 0) is 44.4 Å². The second kappa shape index (κ2) is 5.72. The monoisotopic (exact) mass is 278 g/mol. The third kappa shape index (κ3) is 3.14. The van der Waals surface area contributed by atoms with Crippen molar-refractivity contribution in [1.82, 2.24) is 14.8 Å². The summed E-state index contributed by atoms with van der Waals surface area (Å²) in [6.45, 7) is 5.90. The van der Waals surface area contributed by atoms with Crippen LogP contribution in [0.15, 0.2) is 18.2 Å². The van der Waals surface area contributed by atoms with Gasteiger partial charge < -0.3 is 5.73 Å². The number of benzene rings is 1. The quantitative estimate of drug-likeness (QED) is 0.936. The number of aryl methyl sites for hydroxylation is 2. The molecule has 1 unspecified atom stereocenters. The topological polar surface area (TPSA) is 56.7 Å². The molecule has 0 aliphatic heterocycles. The number of aromatic nitrogens is 3. The van der Waals surface area contributed by atoms with Crippen molar-refractivity contribution in [2.75, 3.05) is 0 Å². The van der Waals surface area contributed by atoms with Crippen molar-refractivity contribution in [3.05, 3.63) is 40.4 Å². The lowest BCUT2D eigenvalue weighted by atomic mass is 10.0. The Balaban J connectivity index is 2.48. The number of rotatable bonds is 4. The summed E-state index contributed by atoms with van der Waals surface area (Å²) in [4.78, 5) is 4.34. The maximum absolute atomic E-state index is 6.10. The van der Waals surface area contributed by atoms with E-state index in [1.807, 2.05) is 36.7 Å². The highest BCUT2D eigenvalue weighted by Gasteiger charge is 2.12. The van der Waals surface area contributed by atoms with Crippen LogP contribution in [0, 0.1) is 13.8 Å². The Bertz CT molecular complexity index is 577. The largest absolute Gasteiger partial charge is 0.327 e. The van der Waals surface area contributed by atoms with Gasteiger partial charge in [-0.3, -0.25) is 0 Å². The van der Waals surface area contributed by atoms with E-state index in [9.17, 15) is 0 Å². The lowest BCUT2D eigenvalue weighted by Gasteiger charge is -2.14. The Morgan fingerprint density at radius 3 is 2.68 bits per heavy atom. The van der Waals surface area contributed by atoms with Gasteiger partial charge in [-0.1, -0.05) is 24.6 Å². The Hall–Kier alpha value is -1.39. The van der Waals surface area contributed by atoms with E-state index in [0.29, 0.717) is 5.02 Å². The number of hydrogen-bond acceptors (Lipinski definition) is 3. The molecule has 2 aromatic rings. The first kappa shape index (κ1) is 14.0. The molecule has 0 radical (unpaired) electrons. The highest BCUT2D eigenvalue weighted by Crippen LogP contribution is 2.22. The van der Waals surface area contributed by atoms with Crippen molar-refractivity contribution in [3.63, 3.8) is 0 Å². The van der Waals surface area contributed by atoms with E-state index in [4.69, 9.17) is 17.3 Å². The zero-order valence-electron chi connectivity index (χ0n) is 11.5.